The van der Waals surface area contributed by atoms with Crippen LogP contribution in [0.5, 0.6) is 11.5 Å². The predicted molar refractivity (Wildman–Crippen MR) is 73.5 cm³/mol. The van der Waals surface area contributed by atoms with Crippen LogP contribution in [0.2, 0.25) is 0 Å². The van der Waals surface area contributed by atoms with E-state index in [-0.39, 0.29) is 23.9 Å². The third kappa shape index (κ3) is 1.58. The maximum absolute atomic E-state index is 11.4. The van der Waals surface area contributed by atoms with E-state index in [4.69, 9.17) is 4.74 Å². The molecule has 4 rings (SSSR count). The van der Waals surface area contributed by atoms with Crippen molar-refractivity contribution < 1.29 is 24.9 Å². The van der Waals surface area contributed by atoms with Crippen LogP contribution < -0.4 is 0 Å². The second-order valence-corrected chi connectivity index (χ2v) is 5.53. The summed E-state index contributed by atoms with van der Waals surface area (Å²) in [7, 11) is 0. The van der Waals surface area contributed by atoms with Crippen molar-refractivity contribution in [3.63, 3.8) is 0 Å². The van der Waals surface area contributed by atoms with Gasteiger partial charge in [-0.3, -0.25) is 4.79 Å². The SMILES string of the molecule is O=C1C=CC2=C3c4cc(O)c(O)cc4C[C@@]3(O)COC2=C1. The fraction of sp³-hybridized carbons (Fsp3) is 0.188. The van der Waals surface area contributed by atoms with Crippen molar-refractivity contribution in [2.24, 2.45) is 0 Å². The highest BCUT2D eigenvalue weighted by Gasteiger charge is 2.46. The topological polar surface area (TPSA) is 87.0 Å². The Balaban J connectivity index is 2.01. The summed E-state index contributed by atoms with van der Waals surface area (Å²) in [6, 6.07) is 2.90. The minimum atomic E-state index is -1.21. The molecule has 0 saturated carbocycles. The van der Waals surface area contributed by atoms with E-state index in [0.717, 1.165) is 5.56 Å². The number of fused-ring (bicyclic) bond motifs is 4. The van der Waals surface area contributed by atoms with Gasteiger partial charge in [0.15, 0.2) is 17.3 Å². The van der Waals surface area contributed by atoms with Gasteiger partial charge in [0.05, 0.1) is 0 Å². The molecule has 0 aromatic heterocycles. The first kappa shape index (κ1) is 12.2. The molecule has 106 valence electrons. The van der Waals surface area contributed by atoms with Crippen LogP contribution in [0.15, 0.2) is 41.7 Å². The zero-order chi connectivity index (χ0) is 14.8. The molecule has 1 heterocycles. The average Bonchev–Trinajstić information content (AvgIpc) is 2.71. The largest absolute Gasteiger partial charge is 0.504 e. The zero-order valence-electron chi connectivity index (χ0n) is 11.0. The first-order valence-corrected chi connectivity index (χ1v) is 6.57. The van der Waals surface area contributed by atoms with Crippen LogP contribution in [-0.2, 0) is 16.0 Å². The number of hydrogen-bond acceptors (Lipinski definition) is 5. The number of carbonyl (C=O) groups excluding carboxylic acids is 1. The Morgan fingerprint density at radius 1 is 1.14 bits per heavy atom. The van der Waals surface area contributed by atoms with Crippen LogP contribution in [0.25, 0.3) is 5.57 Å². The molecule has 1 aromatic carbocycles. The minimum Gasteiger partial charge on any atom is -0.504 e. The lowest BCUT2D eigenvalue weighted by atomic mass is 9.86. The molecule has 1 atom stereocenters. The van der Waals surface area contributed by atoms with Gasteiger partial charge in [0.1, 0.15) is 18.0 Å². The average molecular weight is 284 g/mol. The van der Waals surface area contributed by atoms with Crippen LogP contribution >= 0.6 is 0 Å². The molecule has 0 saturated heterocycles. The lowest BCUT2D eigenvalue weighted by Gasteiger charge is -2.33. The molecular formula is C16H12O5. The summed E-state index contributed by atoms with van der Waals surface area (Å²) in [6.45, 7) is 0.0367. The monoisotopic (exact) mass is 284 g/mol. The van der Waals surface area contributed by atoms with E-state index in [2.05, 4.69) is 0 Å². The molecule has 0 amide bonds. The van der Waals surface area contributed by atoms with Crippen molar-refractivity contribution in [3.05, 3.63) is 52.8 Å². The van der Waals surface area contributed by atoms with Crippen molar-refractivity contribution in [1.29, 1.82) is 0 Å². The fourth-order valence-corrected chi connectivity index (χ4v) is 3.20. The van der Waals surface area contributed by atoms with E-state index in [1.54, 1.807) is 6.08 Å². The van der Waals surface area contributed by atoms with Gasteiger partial charge < -0.3 is 20.1 Å². The second kappa shape index (κ2) is 3.77. The van der Waals surface area contributed by atoms with Crippen LogP contribution in [-0.4, -0.2) is 33.3 Å². The van der Waals surface area contributed by atoms with E-state index < -0.39 is 5.60 Å². The van der Waals surface area contributed by atoms with Gasteiger partial charge in [0.2, 0.25) is 0 Å². The predicted octanol–water partition coefficient (Wildman–Crippen LogP) is 1.19. The Morgan fingerprint density at radius 2 is 1.90 bits per heavy atom. The quantitative estimate of drug-likeness (QED) is 0.623. The van der Waals surface area contributed by atoms with Gasteiger partial charge in [-0.2, -0.15) is 0 Å². The summed E-state index contributed by atoms with van der Waals surface area (Å²) in [5.74, 6) is -0.180. The maximum Gasteiger partial charge on any atom is 0.182 e. The van der Waals surface area contributed by atoms with Crippen LogP contribution in [0.3, 0.4) is 0 Å². The Hall–Kier alpha value is -2.53. The number of aliphatic hydroxyl groups is 1. The molecule has 5 heteroatoms. The van der Waals surface area contributed by atoms with E-state index in [0.29, 0.717) is 28.9 Å². The van der Waals surface area contributed by atoms with Gasteiger partial charge in [0.25, 0.3) is 0 Å². The number of aromatic hydroxyl groups is 2. The van der Waals surface area contributed by atoms with E-state index in [1.807, 2.05) is 0 Å². The lowest BCUT2D eigenvalue weighted by Crippen LogP contribution is -2.38. The third-order valence-electron chi connectivity index (χ3n) is 4.11. The molecular weight excluding hydrogens is 272 g/mol. The Kier molecular flexibility index (Phi) is 2.19. The molecule has 0 bridgehead atoms. The first-order valence-electron chi connectivity index (χ1n) is 6.57. The number of benzene rings is 1. The van der Waals surface area contributed by atoms with E-state index in [9.17, 15) is 20.1 Å². The Morgan fingerprint density at radius 3 is 2.71 bits per heavy atom. The van der Waals surface area contributed by atoms with Gasteiger partial charge in [-0.15, -0.1) is 0 Å². The van der Waals surface area contributed by atoms with Crippen molar-refractivity contribution in [2.75, 3.05) is 6.61 Å². The number of rotatable bonds is 0. The molecule has 5 nitrogen and oxygen atoms in total. The zero-order valence-corrected chi connectivity index (χ0v) is 11.0. The van der Waals surface area contributed by atoms with Crippen molar-refractivity contribution in [3.8, 4) is 11.5 Å². The maximum atomic E-state index is 11.4. The second-order valence-electron chi connectivity index (χ2n) is 5.53. The summed E-state index contributed by atoms with van der Waals surface area (Å²) in [5.41, 5.74) is 1.49. The molecule has 0 unspecified atom stereocenters. The molecule has 3 aliphatic rings. The minimum absolute atomic E-state index is 0.0367. The molecule has 1 aliphatic heterocycles. The highest BCUT2D eigenvalue weighted by Crippen LogP contribution is 2.50. The molecule has 1 aromatic rings. The van der Waals surface area contributed by atoms with E-state index >= 15 is 0 Å². The van der Waals surface area contributed by atoms with Crippen LogP contribution in [0, 0.1) is 0 Å². The number of phenolic OH excluding ortho intramolecular Hbond substituents is 2. The highest BCUT2D eigenvalue weighted by atomic mass is 16.5. The molecule has 0 spiro atoms. The summed E-state index contributed by atoms with van der Waals surface area (Å²) in [6.07, 6.45) is 4.72. The van der Waals surface area contributed by atoms with Crippen molar-refractivity contribution >= 4 is 11.4 Å². The summed E-state index contributed by atoms with van der Waals surface area (Å²) < 4.78 is 5.52. The Labute approximate surface area is 120 Å². The Bertz CT molecular complexity index is 784. The number of ether oxygens (including phenoxy) is 1. The van der Waals surface area contributed by atoms with E-state index in [1.165, 1.54) is 24.3 Å². The smallest absolute Gasteiger partial charge is 0.182 e. The van der Waals surface area contributed by atoms with Gasteiger partial charge in [0, 0.05) is 23.6 Å². The van der Waals surface area contributed by atoms with Crippen molar-refractivity contribution in [2.45, 2.75) is 12.0 Å². The molecule has 0 fully saturated rings. The number of carbonyl (C=O) groups is 1. The summed E-state index contributed by atoms with van der Waals surface area (Å²) in [4.78, 5) is 11.4. The molecule has 0 radical (unpaired) electrons. The van der Waals surface area contributed by atoms with Gasteiger partial charge in [-0.25, -0.2) is 0 Å². The third-order valence-corrected chi connectivity index (χ3v) is 4.11. The van der Waals surface area contributed by atoms with Gasteiger partial charge >= 0.3 is 0 Å². The lowest BCUT2D eigenvalue weighted by molar-refractivity contribution is -0.110. The molecule has 3 N–H and O–H groups in total. The number of allylic oxidation sites excluding steroid dienone is 3. The van der Waals surface area contributed by atoms with Gasteiger partial charge in [-0.1, -0.05) is 0 Å². The fourth-order valence-electron chi connectivity index (χ4n) is 3.20. The number of phenols is 2. The number of ketones is 1. The molecule has 21 heavy (non-hydrogen) atoms. The standard InChI is InChI=1S/C16H12O5/c17-9-1-2-10-14(4-9)21-7-16(20)6-8-3-12(18)13(19)5-11(8)15(10)16/h1-5,18-20H,6-7H2/t16-/m1/s1. The van der Waals surface area contributed by atoms with Gasteiger partial charge in [-0.05, 0) is 35.4 Å². The van der Waals surface area contributed by atoms with Crippen LogP contribution in [0.1, 0.15) is 11.1 Å². The summed E-state index contributed by atoms with van der Waals surface area (Å²) >= 11 is 0. The summed E-state index contributed by atoms with van der Waals surface area (Å²) in [5, 5.41) is 30.2. The van der Waals surface area contributed by atoms with Crippen LogP contribution in [0.4, 0.5) is 0 Å². The normalized spacial score (nSPS) is 26.0. The molecule has 2 aliphatic carbocycles. The van der Waals surface area contributed by atoms with Crippen molar-refractivity contribution in [1.82, 2.24) is 0 Å². The number of hydrogen-bond donors (Lipinski definition) is 3. The first-order chi connectivity index (χ1) is 9.98. The highest BCUT2D eigenvalue weighted by molar-refractivity contribution is 6.04.